The first-order valence-corrected chi connectivity index (χ1v) is 11.6. The van der Waals surface area contributed by atoms with E-state index in [9.17, 15) is 19.2 Å². The first kappa shape index (κ1) is 25.7. The summed E-state index contributed by atoms with van der Waals surface area (Å²) in [6.07, 6.45) is -0.981. The van der Waals surface area contributed by atoms with E-state index in [1.54, 1.807) is 45.0 Å². The number of amides is 2. The topological polar surface area (TPSA) is 102 Å². The van der Waals surface area contributed by atoms with Gasteiger partial charge in [0.2, 0.25) is 6.10 Å². The van der Waals surface area contributed by atoms with Crippen LogP contribution in [0.1, 0.15) is 64.7 Å². The molecule has 2 saturated heterocycles. The zero-order valence-corrected chi connectivity index (χ0v) is 20.7. The van der Waals surface area contributed by atoms with E-state index >= 15 is 0 Å². The number of benzene rings is 1. The minimum Gasteiger partial charge on any atom is -0.457 e. The van der Waals surface area contributed by atoms with Gasteiger partial charge in [-0.2, -0.15) is 0 Å². The lowest BCUT2D eigenvalue weighted by atomic mass is 10.1. The number of rotatable bonds is 5. The van der Waals surface area contributed by atoms with Gasteiger partial charge >= 0.3 is 11.9 Å². The van der Waals surface area contributed by atoms with Crippen molar-refractivity contribution in [1.29, 1.82) is 0 Å². The molecule has 0 unspecified atom stereocenters. The van der Waals surface area contributed by atoms with Crippen LogP contribution in [0.4, 0.5) is 5.69 Å². The summed E-state index contributed by atoms with van der Waals surface area (Å²) in [7, 11) is 0. The number of hydrogen-bond acceptors (Lipinski definition) is 7. The summed E-state index contributed by atoms with van der Waals surface area (Å²) in [5.41, 5.74) is 0.151. The number of esters is 2. The molecule has 1 aromatic carbocycles. The zero-order chi connectivity index (χ0) is 25.2. The van der Waals surface area contributed by atoms with Gasteiger partial charge in [-0.15, -0.1) is 0 Å². The smallest absolute Gasteiger partial charge is 0.351 e. The molecule has 0 spiro atoms. The van der Waals surface area contributed by atoms with Gasteiger partial charge in [0.05, 0.1) is 6.61 Å². The molecule has 1 aromatic rings. The Morgan fingerprint density at radius 2 is 1.76 bits per heavy atom. The van der Waals surface area contributed by atoms with Crippen molar-refractivity contribution in [3.63, 3.8) is 0 Å². The van der Waals surface area contributed by atoms with Crippen molar-refractivity contribution in [1.82, 2.24) is 4.90 Å². The summed E-state index contributed by atoms with van der Waals surface area (Å²) in [5.74, 6) is -2.21. The number of ether oxygens (including phenoxy) is 3. The van der Waals surface area contributed by atoms with E-state index < -0.39 is 35.7 Å². The fourth-order valence-electron chi connectivity index (χ4n) is 4.40. The number of nitrogens with zero attached hydrogens (tertiary/aromatic N) is 2. The highest BCUT2D eigenvalue weighted by atomic mass is 16.6. The largest absolute Gasteiger partial charge is 0.457 e. The van der Waals surface area contributed by atoms with Crippen molar-refractivity contribution >= 4 is 29.4 Å². The van der Waals surface area contributed by atoms with E-state index in [1.165, 1.54) is 4.90 Å². The monoisotopic (exact) mass is 474 g/mol. The number of carbonyl (C=O) groups excluding carboxylic acids is 4. The van der Waals surface area contributed by atoms with Crippen molar-refractivity contribution in [2.24, 2.45) is 0 Å². The normalized spacial score (nSPS) is 24.1. The summed E-state index contributed by atoms with van der Waals surface area (Å²) in [5, 5.41) is 0. The molecule has 2 aliphatic rings. The van der Waals surface area contributed by atoms with Gasteiger partial charge in [0.15, 0.2) is 6.10 Å². The van der Waals surface area contributed by atoms with Crippen molar-refractivity contribution in [3.8, 4) is 0 Å². The predicted molar refractivity (Wildman–Crippen MR) is 124 cm³/mol. The van der Waals surface area contributed by atoms with E-state index in [-0.39, 0.29) is 31.1 Å². The van der Waals surface area contributed by atoms with Crippen LogP contribution >= 0.6 is 0 Å². The van der Waals surface area contributed by atoms with Crippen LogP contribution in [0.3, 0.4) is 0 Å². The van der Waals surface area contributed by atoms with Crippen LogP contribution in [0.2, 0.25) is 0 Å². The molecule has 9 nitrogen and oxygen atoms in total. The van der Waals surface area contributed by atoms with Gasteiger partial charge in [0, 0.05) is 36.8 Å². The van der Waals surface area contributed by atoms with Gasteiger partial charge in [0.25, 0.3) is 11.8 Å². The number of likely N-dealkylation sites (tertiary alicyclic amines) is 1. The van der Waals surface area contributed by atoms with Crippen LogP contribution in [0.15, 0.2) is 24.3 Å². The molecule has 0 radical (unpaired) electrons. The van der Waals surface area contributed by atoms with E-state index in [4.69, 9.17) is 14.2 Å². The molecule has 3 rings (SSSR count). The standard InChI is InChI=1S/C25H34N2O7/c1-15-10-11-16(2)27(15)22(29)18-8-7-9-19(14-18)26-12-13-32-20(23(26)30)21(33-17(3)28)24(31)34-25(4,5)6/h7-9,14-16,20-21H,10-13H2,1-6H3/t15-,16-,20-,21-/m1/s1. The molecule has 0 aromatic heterocycles. The molecule has 9 heteroatoms. The maximum Gasteiger partial charge on any atom is 0.351 e. The lowest BCUT2D eigenvalue weighted by Gasteiger charge is -2.36. The molecule has 0 aliphatic carbocycles. The maximum atomic E-state index is 13.4. The van der Waals surface area contributed by atoms with Gasteiger partial charge in [-0.25, -0.2) is 4.79 Å². The molecule has 0 saturated carbocycles. The fraction of sp³-hybridized carbons (Fsp3) is 0.600. The first-order valence-electron chi connectivity index (χ1n) is 11.6. The second kappa shape index (κ2) is 10.1. The van der Waals surface area contributed by atoms with Gasteiger partial charge in [0.1, 0.15) is 5.60 Å². The summed E-state index contributed by atoms with van der Waals surface area (Å²) < 4.78 is 16.1. The molecule has 34 heavy (non-hydrogen) atoms. The van der Waals surface area contributed by atoms with E-state index in [0.29, 0.717) is 11.3 Å². The third kappa shape index (κ3) is 5.75. The van der Waals surface area contributed by atoms with Gasteiger partial charge < -0.3 is 24.0 Å². The number of anilines is 1. The molecule has 2 heterocycles. The third-order valence-electron chi connectivity index (χ3n) is 5.92. The van der Waals surface area contributed by atoms with Crippen molar-refractivity contribution in [2.75, 3.05) is 18.1 Å². The molecular weight excluding hydrogens is 440 g/mol. The SMILES string of the molecule is CC(=O)O[C@@H](C(=O)OC(C)(C)C)[C@H]1OCCN(c2cccc(C(=O)N3[C@H](C)CC[C@H]3C)c2)C1=O. The zero-order valence-electron chi connectivity index (χ0n) is 20.7. The number of morpholine rings is 1. The van der Waals surface area contributed by atoms with E-state index in [1.807, 2.05) is 18.7 Å². The minimum absolute atomic E-state index is 0.0804. The fourth-order valence-corrected chi connectivity index (χ4v) is 4.40. The Morgan fingerprint density at radius 1 is 1.12 bits per heavy atom. The van der Waals surface area contributed by atoms with E-state index in [0.717, 1.165) is 19.8 Å². The Balaban J connectivity index is 1.85. The average Bonchev–Trinajstić information content (AvgIpc) is 3.08. The third-order valence-corrected chi connectivity index (χ3v) is 5.92. The highest BCUT2D eigenvalue weighted by Crippen LogP contribution is 2.28. The van der Waals surface area contributed by atoms with Gasteiger partial charge in [-0.3, -0.25) is 14.4 Å². The molecule has 2 aliphatic heterocycles. The average molecular weight is 475 g/mol. The molecule has 0 bridgehead atoms. The number of hydrogen-bond donors (Lipinski definition) is 0. The van der Waals surface area contributed by atoms with Gasteiger partial charge in [-0.1, -0.05) is 6.07 Å². The van der Waals surface area contributed by atoms with Crippen LogP contribution in [-0.2, 0) is 28.6 Å². The van der Waals surface area contributed by atoms with Crippen molar-refractivity contribution < 1.29 is 33.4 Å². The van der Waals surface area contributed by atoms with Crippen LogP contribution in [0, 0.1) is 0 Å². The Hall–Kier alpha value is -2.94. The molecule has 4 atom stereocenters. The lowest BCUT2D eigenvalue weighted by molar-refractivity contribution is -0.188. The summed E-state index contributed by atoms with van der Waals surface area (Å²) in [4.78, 5) is 54.3. The van der Waals surface area contributed by atoms with Crippen LogP contribution in [-0.4, -0.2) is 71.7 Å². The van der Waals surface area contributed by atoms with Crippen molar-refractivity contribution in [2.45, 2.75) is 84.3 Å². The highest BCUT2D eigenvalue weighted by Gasteiger charge is 2.44. The molecule has 2 amide bonds. The van der Waals surface area contributed by atoms with E-state index in [2.05, 4.69) is 0 Å². The van der Waals surface area contributed by atoms with Gasteiger partial charge in [-0.05, 0) is 65.7 Å². The molecule has 186 valence electrons. The van der Waals surface area contributed by atoms with Crippen molar-refractivity contribution in [3.05, 3.63) is 29.8 Å². The Labute approximate surface area is 200 Å². The Kier molecular flexibility index (Phi) is 7.65. The van der Waals surface area contributed by atoms with Crippen LogP contribution in [0.25, 0.3) is 0 Å². The minimum atomic E-state index is -1.54. The first-order chi connectivity index (χ1) is 15.9. The quantitative estimate of drug-likeness (QED) is 0.605. The molecule has 0 N–H and O–H groups in total. The number of carbonyl (C=O) groups is 4. The molecule has 2 fully saturated rings. The second-order valence-electron chi connectivity index (χ2n) is 9.88. The summed E-state index contributed by atoms with van der Waals surface area (Å²) in [6.45, 7) is 10.6. The summed E-state index contributed by atoms with van der Waals surface area (Å²) >= 11 is 0. The highest BCUT2D eigenvalue weighted by molar-refractivity contribution is 6.02. The molecular formula is C25H34N2O7. The van der Waals surface area contributed by atoms with Crippen LogP contribution < -0.4 is 4.90 Å². The Morgan fingerprint density at radius 3 is 2.35 bits per heavy atom. The maximum absolute atomic E-state index is 13.4. The lowest BCUT2D eigenvalue weighted by Crippen LogP contribution is -2.56. The summed E-state index contributed by atoms with van der Waals surface area (Å²) in [6, 6.07) is 7.16. The van der Waals surface area contributed by atoms with Crippen LogP contribution in [0.5, 0.6) is 0 Å². The Bertz CT molecular complexity index is 945. The predicted octanol–water partition coefficient (Wildman–Crippen LogP) is 2.70. The second-order valence-corrected chi connectivity index (χ2v) is 9.88.